The Morgan fingerprint density at radius 1 is 1.10 bits per heavy atom. The van der Waals surface area contributed by atoms with Crippen molar-refractivity contribution < 1.29 is 16.8 Å². The maximum absolute atomic E-state index is 12.3. The molecule has 1 aliphatic rings. The Balaban J connectivity index is 2.22. The first-order valence-corrected chi connectivity index (χ1v) is 11.1. The lowest BCUT2D eigenvalue weighted by atomic mass is 10.0. The van der Waals surface area contributed by atoms with Gasteiger partial charge in [0.05, 0.1) is 10.1 Å². The summed E-state index contributed by atoms with van der Waals surface area (Å²) < 4.78 is 49.9. The number of nitrogens with one attached hydrogen (secondary N) is 1. The molecule has 1 aliphatic carbocycles. The highest BCUT2D eigenvalue weighted by atomic mass is 79.9. The second kappa shape index (κ2) is 6.44. The quantitative estimate of drug-likeness (QED) is 0.762. The first-order chi connectivity index (χ1) is 9.70. The minimum atomic E-state index is -3.87. The van der Waals surface area contributed by atoms with Crippen LogP contribution in [-0.4, -0.2) is 22.1 Å². The molecular formula is C12H15BrClNO4S2. The normalized spacial score (nSPS) is 17.6. The highest BCUT2D eigenvalue weighted by molar-refractivity contribution is 9.10. The van der Waals surface area contributed by atoms with Crippen LogP contribution in [0.25, 0.3) is 0 Å². The third-order valence-electron chi connectivity index (χ3n) is 3.45. The zero-order valence-corrected chi connectivity index (χ0v) is 15.0. The fraction of sp³-hybridized carbons (Fsp3) is 0.500. The lowest BCUT2D eigenvalue weighted by Crippen LogP contribution is -2.29. The van der Waals surface area contributed by atoms with Gasteiger partial charge in [-0.3, -0.25) is 4.72 Å². The van der Waals surface area contributed by atoms with Gasteiger partial charge in [-0.2, -0.15) is 0 Å². The standard InChI is InChI=1S/C12H15BrClNO4S2/c13-11-8-9(6-7-12(11)20(14,16)17)15-21(18,19)10-4-2-1-3-5-10/h6-8,10,15H,1-5H2. The van der Waals surface area contributed by atoms with Crippen molar-refractivity contribution in [2.75, 3.05) is 4.72 Å². The van der Waals surface area contributed by atoms with Crippen molar-refractivity contribution in [3.8, 4) is 0 Å². The molecule has 2 rings (SSSR count). The molecule has 0 spiro atoms. The molecular weight excluding hydrogens is 402 g/mol. The average Bonchev–Trinajstić information content (AvgIpc) is 2.37. The number of rotatable bonds is 4. The summed E-state index contributed by atoms with van der Waals surface area (Å²) in [7, 11) is -2.05. The number of anilines is 1. The highest BCUT2D eigenvalue weighted by Gasteiger charge is 2.27. The van der Waals surface area contributed by atoms with Crippen LogP contribution in [0.15, 0.2) is 27.6 Å². The number of halogens is 2. The number of benzene rings is 1. The van der Waals surface area contributed by atoms with E-state index >= 15 is 0 Å². The summed E-state index contributed by atoms with van der Waals surface area (Å²) in [5, 5.41) is -0.388. The zero-order chi connectivity index (χ0) is 15.7. The fourth-order valence-corrected chi connectivity index (χ4v) is 6.18. The lowest BCUT2D eigenvalue weighted by molar-refractivity contribution is 0.486. The van der Waals surface area contributed by atoms with E-state index in [1.807, 2.05) is 0 Å². The summed E-state index contributed by atoms with van der Waals surface area (Å²) in [5.41, 5.74) is 0.316. The third kappa shape index (κ3) is 4.34. The van der Waals surface area contributed by atoms with E-state index in [9.17, 15) is 16.8 Å². The Hall–Kier alpha value is -0.310. The largest absolute Gasteiger partial charge is 0.283 e. The number of hydrogen-bond donors (Lipinski definition) is 1. The van der Waals surface area contributed by atoms with E-state index in [4.69, 9.17) is 10.7 Å². The summed E-state index contributed by atoms with van der Waals surface area (Å²) in [6, 6.07) is 4.06. The molecule has 1 N–H and O–H groups in total. The van der Waals surface area contributed by atoms with Gasteiger partial charge in [0, 0.05) is 20.8 Å². The molecule has 1 saturated carbocycles. The van der Waals surface area contributed by atoms with Gasteiger partial charge in [0.1, 0.15) is 0 Å². The maximum Gasteiger partial charge on any atom is 0.262 e. The molecule has 1 aromatic carbocycles. The van der Waals surface area contributed by atoms with Crippen LogP contribution in [0, 0.1) is 0 Å². The van der Waals surface area contributed by atoms with Gasteiger partial charge in [0.2, 0.25) is 10.0 Å². The van der Waals surface area contributed by atoms with Crippen molar-refractivity contribution in [1.82, 2.24) is 0 Å². The molecule has 21 heavy (non-hydrogen) atoms. The molecule has 0 aromatic heterocycles. The second-order valence-corrected chi connectivity index (χ2v) is 10.3. The van der Waals surface area contributed by atoms with Crippen LogP contribution in [0.1, 0.15) is 32.1 Å². The van der Waals surface area contributed by atoms with Crippen LogP contribution in [-0.2, 0) is 19.1 Å². The first kappa shape index (κ1) is 17.1. The van der Waals surface area contributed by atoms with E-state index in [1.54, 1.807) is 0 Å². The van der Waals surface area contributed by atoms with Gasteiger partial charge in [-0.05, 0) is 47.0 Å². The van der Waals surface area contributed by atoms with Gasteiger partial charge in [0.15, 0.2) is 0 Å². The predicted octanol–water partition coefficient (Wildman–Crippen LogP) is 3.45. The lowest BCUT2D eigenvalue weighted by Gasteiger charge is -2.22. The second-order valence-electron chi connectivity index (χ2n) is 4.99. The van der Waals surface area contributed by atoms with Crippen LogP contribution in [0.3, 0.4) is 0 Å². The van der Waals surface area contributed by atoms with Crippen molar-refractivity contribution in [3.63, 3.8) is 0 Å². The van der Waals surface area contributed by atoms with Gasteiger partial charge in [-0.25, -0.2) is 16.8 Å². The summed E-state index contributed by atoms with van der Waals surface area (Å²) in [5.74, 6) is 0. The SMILES string of the molecule is O=S(=O)(Cl)c1ccc(NS(=O)(=O)C2CCCCC2)cc1Br. The monoisotopic (exact) mass is 415 g/mol. The van der Waals surface area contributed by atoms with Crippen LogP contribution in [0.2, 0.25) is 0 Å². The summed E-state index contributed by atoms with van der Waals surface area (Å²) in [4.78, 5) is -0.0928. The molecule has 5 nitrogen and oxygen atoms in total. The van der Waals surface area contributed by atoms with Gasteiger partial charge >= 0.3 is 0 Å². The Bertz CT molecular complexity index is 728. The molecule has 0 aliphatic heterocycles. The molecule has 118 valence electrons. The summed E-state index contributed by atoms with van der Waals surface area (Å²) >= 11 is 3.09. The molecule has 1 fully saturated rings. The summed E-state index contributed by atoms with van der Waals surface area (Å²) in [6.45, 7) is 0. The Morgan fingerprint density at radius 2 is 1.71 bits per heavy atom. The topological polar surface area (TPSA) is 80.3 Å². The predicted molar refractivity (Wildman–Crippen MR) is 86.6 cm³/mol. The van der Waals surface area contributed by atoms with E-state index in [0.717, 1.165) is 19.3 Å². The van der Waals surface area contributed by atoms with Gasteiger partial charge in [0.25, 0.3) is 9.05 Å². The fourth-order valence-electron chi connectivity index (χ4n) is 2.39. The van der Waals surface area contributed by atoms with Gasteiger partial charge < -0.3 is 0 Å². The van der Waals surface area contributed by atoms with Crippen LogP contribution >= 0.6 is 26.6 Å². The van der Waals surface area contributed by atoms with E-state index in [-0.39, 0.29) is 14.6 Å². The van der Waals surface area contributed by atoms with Crippen molar-refractivity contribution in [1.29, 1.82) is 0 Å². The molecule has 9 heteroatoms. The maximum atomic E-state index is 12.3. The Morgan fingerprint density at radius 3 is 2.24 bits per heavy atom. The van der Waals surface area contributed by atoms with E-state index < -0.39 is 19.1 Å². The van der Waals surface area contributed by atoms with Crippen LogP contribution in [0.5, 0.6) is 0 Å². The van der Waals surface area contributed by atoms with Gasteiger partial charge in [-0.1, -0.05) is 19.3 Å². The zero-order valence-electron chi connectivity index (χ0n) is 11.1. The molecule has 0 atom stereocenters. The van der Waals surface area contributed by atoms with Crippen LogP contribution in [0.4, 0.5) is 5.69 Å². The van der Waals surface area contributed by atoms with Gasteiger partial charge in [-0.15, -0.1) is 0 Å². The average molecular weight is 417 g/mol. The minimum absolute atomic E-state index is 0.0928. The third-order valence-corrected chi connectivity index (χ3v) is 7.61. The van der Waals surface area contributed by atoms with E-state index in [2.05, 4.69) is 20.7 Å². The van der Waals surface area contributed by atoms with E-state index in [0.29, 0.717) is 18.5 Å². The van der Waals surface area contributed by atoms with Crippen molar-refractivity contribution >= 4 is 51.4 Å². The molecule has 0 saturated heterocycles. The van der Waals surface area contributed by atoms with Crippen molar-refractivity contribution in [2.24, 2.45) is 0 Å². The Kier molecular flexibility index (Phi) is 5.23. The minimum Gasteiger partial charge on any atom is -0.283 e. The van der Waals surface area contributed by atoms with E-state index in [1.165, 1.54) is 18.2 Å². The smallest absolute Gasteiger partial charge is 0.262 e. The van der Waals surface area contributed by atoms with Crippen LogP contribution < -0.4 is 4.72 Å². The number of hydrogen-bond acceptors (Lipinski definition) is 4. The molecule has 0 radical (unpaired) electrons. The first-order valence-electron chi connectivity index (χ1n) is 6.46. The molecule has 0 bridgehead atoms. The molecule has 0 amide bonds. The Labute approximate surface area is 137 Å². The molecule has 1 aromatic rings. The molecule has 0 unspecified atom stereocenters. The van der Waals surface area contributed by atoms with Crippen molar-refractivity contribution in [2.45, 2.75) is 42.2 Å². The highest BCUT2D eigenvalue weighted by Crippen LogP contribution is 2.30. The van der Waals surface area contributed by atoms with Crippen molar-refractivity contribution in [3.05, 3.63) is 22.7 Å². The molecule has 0 heterocycles. The summed E-state index contributed by atoms with van der Waals surface area (Å²) in [6.07, 6.45) is 4.21. The number of sulfonamides is 1.